The quantitative estimate of drug-likeness (QED) is 0.561. The molecule has 112 valence electrons. The second-order valence-corrected chi connectivity index (χ2v) is 5.51. The Hall–Kier alpha value is -1.20. The largest absolute Gasteiger partial charge is 0.497 e. The van der Waals surface area contributed by atoms with Crippen molar-refractivity contribution in [2.24, 2.45) is 0 Å². The molecule has 0 aliphatic rings. The molecule has 0 saturated heterocycles. The van der Waals surface area contributed by atoms with Crippen LogP contribution in [0.1, 0.15) is 19.8 Å². The zero-order chi connectivity index (χ0) is 14.8. The van der Waals surface area contributed by atoms with E-state index in [9.17, 15) is 4.79 Å². The first-order chi connectivity index (χ1) is 9.71. The molecule has 0 amide bonds. The molecule has 0 radical (unpaired) electrons. The van der Waals surface area contributed by atoms with Crippen LogP contribution in [0.25, 0.3) is 0 Å². The lowest BCUT2D eigenvalue weighted by atomic mass is 10.2. The van der Waals surface area contributed by atoms with Gasteiger partial charge in [-0.15, -0.1) is 11.8 Å². The SMILES string of the molecule is CCCNC(CCSc1ccc(OC)cc1)C(=O)OC. The standard InChI is InChI=1S/C15H23NO3S/c1-4-10-16-14(15(17)19-3)9-11-20-13-7-5-12(18-2)6-8-13/h5-8,14,16H,4,9-11H2,1-3H3. The number of hydrogen-bond donors (Lipinski definition) is 1. The van der Waals surface area contributed by atoms with E-state index in [1.165, 1.54) is 12.0 Å². The average molecular weight is 297 g/mol. The molecule has 0 aromatic heterocycles. The molecule has 1 aromatic carbocycles. The Balaban J connectivity index is 2.40. The fourth-order valence-corrected chi connectivity index (χ4v) is 2.65. The van der Waals surface area contributed by atoms with Gasteiger partial charge in [0.25, 0.3) is 0 Å². The Morgan fingerprint density at radius 1 is 1.30 bits per heavy atom. The van der Waals surface area contributed by atoms with Gasteiger partial charge in [-0.1, -0.05) is 6.92 Å². The van der Waals surface area contributed by atoms with Crippen molar-refractivity contribution in [1.29, 1.82) is 0 Å². The summed E-state index contributed by atoms with van der Waals surface area (Å²) < 4.78 is 9.94. The van der Waals surface area contributed by atoms with Crippen molar-refractivity contribution in [3.63, 3.8) is 0 Å². The maximum atomic E-state index is 11.6. The molecule has 1 atom stereocenters. The van der Waals surface area contributed by atoms with E-state index >= 15 is 0 Å². The van der Waals surface area contributed by atoms with Crippen LogP contribution in [0.3, 0.4) is 0 Å². The summed E-state index contributed by atoms with van der Waals surface area (Å²) >= 11 is 1.73. The zero-order valence-electron chi connectivity index (χ0n) is 12.3. The number of esters is 1. The van der Waals surface area contributed by atoms with E-state index in [-0.39, 0.29) is 12.0 Å². The van der Waals surface area contributed by atoms with Gasteiger partial charge in [0.2, 0.25) is 0 Å². The molecule has 0 aliphatic carbocycles. The number of benzene rings is 1. The smallest absolute Gasteiger partial charge is 0.322 e. The number of thioether (sulfide) groups is 1. The summed E-state index contributed by atoms with van der Waals surface area (Å²) in [6.45, 7) is 2.90. The molecule has 1 aromatic rings. The molecule has 0 saturated carbocycles. The van der Waals surface area contributed by atoms with Gasteiger partial charge in [0.1, 0.15) is 11.8 Å². The Bertz CT molecular complexity index is 395. The predicted octanol–water partition coefficient (Wildman–Crippen LogP) is 2.72. The fraction of sp³-hybridized carbons (Fsp3) is 0.533. The monoisotopic (exact) mass is 297 g/mol. The second kappa shape index (κ2) is 9.66. The number of methoxy groups -OCH3 is 2. The van der Waals surface area contributed by atoms with E-state index in [1.807, 2.05) is 24.3 Å². The minimum Gasteiger partial charge on any atom is -0.497 e. The van der Waals surface area contributed by atoms with Crippen LogP contribution >= 0.6 is 11.8 Å². The molecule has 1 rings (SSSR count). The molecular weight excluding hydrogens is 274 g/mol. The van der Waals surface area contributed by atoms with Gasteiger partial charge in [0.15, 0.2) is 0 Å². The van der Waals surface area contributed by atoms with E-state index < -0.39 is 0 Å². The molecule has 0 heterocycles. The molecular formula is C15H23NO3S. The van der Waals surface area contributed by atoms with Gasteiger partial charge >= 0.3 is 5.97 Å². The summed E-state index contributed by atoms with van der Waals surface area (Å²) in [7, 11) is 3.09. The summed E-state index contributed by atoms with van der Waals surface area (Å²) in [5, 5.41) is 3.22. The summed E-state index contributed by atoms with van der Waals surface area (Å²) in [5.41, 5.74) is 0. The highest BCUT2D eigenvalue weighted by Crippen LogP contribution is 2.22. The van der Waals surface area contributed by atoms with Crippen molar-refractivity contribution in [2.45, 2.75) is 30.7 Å². The highest BCUT2D eigenvalue weighted by molar-refractivity contribution is 7.99. The Morgan fingerprint density at radius 2 is 2.00 bits per heavy atom. The first kappa shape index (κ1) is 16.9. The van der Waals surface area contributed by atoms with Crippen molar-refractivity contribution in [3.8, 4) is 5.75 Å². The molecule has 0 aliphatic heterocycles. The third kappa shape index (κ3) is 5.84. The van der Waals surface area contributed by atoms with Gasteiger partial charge < -0.3 is 14.8 Å². The van der Waals surface area contributed by atoms with Crippen LogP contribution in [0, 0.1) is 0 Å². The highest BCUT2D eigenvalue weighted by atomic mass is 32.2. The number of rotatable bonds is 9. The number of carbonyl (C=O) groups is 1. The first-order valence-corrected chi connectivity index (χ1v) is 7.77. The van der Waals surface area contributed by atoms with Crippen molar-refractivity contribution in [3.05, 3.63) is 24.3 Å². The molecule has 1 unspecified atom stereocenters. The van der Waals surface area contributed by atoms with Crippen LogP contribution in [-0.4, -0.2) is 38.5 Å². The number of hydrogen-bond acceptors (Lipinski definition) is 5. The van der Waals surface area contributed by atoms with Crippen LogP contribution in [0.5, 0.6) is 5.75 Å². The van der Waals surface area contributed by atoms with Crippen molar-refractivity contribution >= 4 is 17.7 Å². The van der Waals surface area contributed by atoms with Gasteiger partial charge in [-0.3, -0.25) is 4.79 Å². The zero-order valence-corrected chi connectivity index (χ0v) is 13.2. The van der Waals surface area contributed by atoms with Crippen LogP contribution in [0.4, 0.5) is 0 Å². The van der Waals surface area contributed by atoms with Crippen LogP contribution in [-0.2, 0) is 9.53 Å². The summed E-state index contributed by atoms with van der Waals surface area (Å²) in [6.07, 6.45) is 1.75. The van der Waals surface area contributed by atoms with Gasteiger partial charge in [-0.05, 0) is 43.7 Å². The van der Waals surface area contributed by atoms with E-state index in [4.69, 9.17) is 9.47 Å². The lowest BCUT2D eigenvalue weighted by molar-refractivity contribution is -0.143. The maximum Gasteiger partial charge on any atom is 0.322 e. The van der Waals surface area contributed by atoms with Crippen molar-refractivity contribution in [2.75, 3.05) is 26.5 Å². The lowest BCUT2D eigenvalue weighted by Crippen LogP contribution is -2.38. The fourth-order valence-electron chi connectivity index (χ4n) is 1.73. The summed E-state index contributed by atoms with van der Waals surface area (Å²) in [6, 6.07) is 7.71. The van der Waals surface area contributed by atoms with E-state index in [1.54, 1.807) is 18.9 Å². The Kier molecular flexibility index (Phi) is 8.14. The van der Waals surface area contributed by atoms with E-state index in [0.29, 0.717) is 0 Å². The number of ether oxygens (including phenoxy) is 2. The third-order valence-corrected chi connectivity index (χ3v) is 3.91. The van der Waals surface area contributed by atoms with Gasteiger partial charge in [-0.2, -0.15) is 0 Å². The van der Waals surface area contributed by atoms with Crippen LogP contribution in [0.2, 0.25) is 0 Å². The van der Waals surface area contributed by atoms with Gasteiger partial charge in [0.05, 0.1) is 14.2 Å². The first-order valence-electron chi connectivity index (χ1n) is 6.79. The maximum absolute atomic E-state index is 11.6. The summed E-state index contributed by atoms with van der Waals surface area (Å²) in [5.74, 6) is 1.53. The average Bonchev–Trinajstić information content (AvgIpc) is 2.50. The molecule has 5 heteroatoms. The minimum absolute atomic E-state index is 0.186. The second-order valence-electron chi connectivity index (χ2n) is 4.34. The predicted molar refractivity (Wildman–Crippen MR) is 82.4 cm³/mol. The Labute approximate surface area is 125 Å². The van der Waals surface area contributed by atoms with E-state index in [2.05, 4.69) is 12.2 Å². The van der Waals surface area contributed by atoms with E-state index in [0.717, 1.165) is 30.9 Å². The number of carbonyl (C=O) groups excluding carboxylic acids is 1. The molecule has 1 N–H and O–H groups in total. The van der Waals surface area contributed by atoms with Gasteiger partial charge in [0, 0.05) is 10.6 Å². The highest BCUT2D eigenvalue weighted by Gasteiger charge is 2.17. The lowest BCUT2D eigenvalue weighted by Gasteiger charge is -2.15. The molecule has 20 heavy (non-hydrogen) atoms. The minimum atomic E-state index is -0.217. The molecule has 0 bridgehead atoms. The molecule has 0 spiro atoms. The normalized spacial score (nSPS) is 11.9. The van der Waals surface area contributed by atoms with Crippen LogP contribution in [0.15, 0.2) is 29.2 Å². The summed E-state index contributed by atoms with van der Waals surface area (Å²) in [4.78, 5) is 12.8. The molecule has 0 fully saturated rings. The van der Waals surface area contributed by atoms with Crippen molar-refractivity contribution in [1.82, 2.24) is 5.32 Å². The Morgan fingerprint density at radius 3 is 2.55 bits per heavy atom. The third-order valence-electron chi connectivity index (χ3n) is 2.86. The topological polar surface area (TPSA) is 47.6 Å². The molecule has 4 nitrogen and oxygen atoms in total. The van der Waals surface area contributed by atoms with Gasteiger partial charge in [-0.25, -0.2) is 0 Å². The van der Waals surface area contributed by atoms with Crippen molar-refractivity contribution < 1.29 is 14.3 Å². The number of nitrogens with one attached hydrogen (secondary N) is 1. The van der Waals surface area contributed by atoms with Crippen LogP contribution < -0.4 is 10.1 Å².